The summed E-state index contributed by atoms with van der Waals surface area (Å²) >= 11 is 0. The van der Waals surface area contributed by atoms with Gasteiger partial charge in [-0.15, -0.1) is 0 Å². The summed E-state index contributed by atoms with van der Waals surface area (Å²) in [6.07, 6.45) is 8.17. The maximum absolute atomic E-state index is 4.29. The molecule has 1 saturated carbocycles. The molecule has 0 aromatic carbocycles. The molecule has 0 radical (unpaired) electrons. The van der Waals surface area contributed by atoms with Crippen LogP contribution in [0.4, 0.5) is 11.6 Å². The molecular formula is C14H24N4. The minimum Gasteiger partial charge on any atom is -0.370 e. The average Bonchev–Trinajstić information content (AvgIpc) is 2.40. The van der Waals surface area contributed by atoms with E-state index in [1.807, 2.05) is 6.07 Å². The lowest BCUT2D eigenvalue weighted by Crippen LogP contribution is -2.26. The summed E-state index contributed by atoms with van der Waals surface area (Å²) in [6, 6.07) is 2.58. The SMILES string of the molecule is CCNc1cc(NC2CCC(CC)CC2)ncn1. The molecular weight excluding hydrogens is 224 g/mol. The van der Waals surface area contributed by atoms with Crippen molar-refractivity contribution in [2.45, 2.75) is 52.0 Å². The van der Waals surface area contributed by atoms with Gasteiger partial charge in [-0.3, -0.25) is 0 Å². The first-order valence-corrected chi connectivity index (χ1v) is 7.14. The van der Waals surface area contributed by atoms with Crippen molar-refractivity contribution in [3.63, 3.8) is 0 Å². The van der Waals surface area contributed by atoms with Crippen LogP contribution >= 0.6 is 0 Å². The fourth-order valence-electron chi connectivity index (χ4n) is 2.64. The second kappa shape index (κ2) is 6.57. The molecule has 0 spiro atoms. The third-order valence-electron chi connectivity index (χ3n) is 3.80. The predicted octanol–water partition coefficient (Wildman–Crippen LogP) is 3.29. The molecule has 2 rings (SSSR count). The Morgan fingerprint density at radius 2 is 1.83 bits per heavy atom. The topological polar surface area (TPSA) is 49.8 Å². The summed E-state index contributed by atoms with van der Waals surface area (Å²) in [4.78, 5) is 8.48. The van der Waals surface area contributed by atoms with E-state index < -0.39 is 0 Å². The van der Waals surface area contributed by atoms with E-state index in [0.717, 1.165) is 24.1 Å². The van der Waals surface area contributed by atoms with E-state index in [1.165, 1.54) is 32.1 Å². The Kier molecular flexibility index (Phi) is 4.79. The lowest BCUT2D eigenvalue weighted by Gasteiger charge is -2.28. The summed E-state index contributed by atoms with van der Waals surface area (Å²) < 4.78 is 0. The van der Waals surface area contributed by atoms with Crippen molar-refractivity contribution in [2.75, 3.05) is 17.2 Å². The average molecular weight is 248 g/mol. The molecule has 0 bridgehead atoms. The molecule has 18 heavy (non-hydrogen) atoms. The highest BCUT2D eigenvalue weighted by atomic mass is 15.1. The molecule has 0 amide bonds. The van der Waals surface area contributed by atoms with E-state index in [1.54, 1.807) is 6.33 Å². The molecule has 0 atom stereocenters. The van der Waals surface area contributed by atoms with Crippen LogP contribution in [0.5, 0.6) is 0 Å². The van der Waals surface area contributed by atoms with Gasteiger partial charge in [0.25, 0.3) is 0 Å². The monoisotopic (exact) mass is 248 g/mol. The van der Waals surface area contributed by atoms with Crippen molar-refractivity contribution >= 4 is 11.6 Å². The fourth-order valence-corrected chi connectivity index (χ4v) is 2.64. The highest BCUT2D eigenvalue weighted by Crippen LogP contribution is 2.28. The molecule has 1 fully saturated rings. The molecule has 1 aliphatic carbocycles. The van der Waals surface area contributed by atoms with Crippen LogP contribution in [-0.4, -0.2) is 22.6 Å². The summed E-state index contributed by atoms with van der Waals surface area (Å²) in [6.45, 7) is 5.25. The van der Waals surface area contributed by atoms with E-state index in [4.69, 9.17) is 0 Å². The third kappa shape index (κ3) is 3.59. The van der Waals surface area contributed by atoms with E-state index in [9.17, 15) is 0 Å². The largest absolute Gasteiger partial charge is 0.370 e. The van der Waals surface area contributed by atoms with Crippen LogP contribution < -0.4 is 10.6 Å². The maximum atomic E-state index is 4.29. The summed E-state index contributed by atoms with van der Waals surface area (Å²) in [5.74, 6) is 2.78. The van der Waals surface area contributed by atoms with Gasteiger partial charge in [0.1, 0.15) is 18.0 Å². The van der Waals surface area contributed by atoms with Crippen LogP contribution in [0.2, 0.25) is 0 Å². The second-order valence-corrected chi connectivity index (χ2v) is 5.09. The van der Waals surface area contributed by atoms with Crippen LogP contribution in [0.15, 0.2) is 12.4 Å². The molecule has 1 aliphatic rings. The van der Waals surface area contributed by atoms with Crippen molar-refractivity contribution in [1.82, 2.24) is 9.97 Å². The molecule has 1 heterocycles. The molecule has 4 heteroatoms. The quantitative estimate of drug-likeness (QED) is 0.839. The number of anilines is 2. The van der Waals surface area contributed by atoms with E-state index in [2.05, 4.69) is 34.4 Å². The number of nitrogens with one attached hydrogen (secondary N) is 2. The van der Waals surface area contributed by atoms with Gasteiger partial charge < -0.3 is 10.6 Å². The predicted molar refractivity (Wildman–Crippen MR) is 75.9 cm³/mol. The van der Waals surface area contributed by atoms with Crippen molar-refractivity contribution in [3.8, 4) is 0 Å². The molecule has 1 aromatic rings. The van der Waals surface area contributed by atoms with Crippen LogP contribution in [0.1, 0.15) is 46.0 Å². The molecule has 4 nitrogen and oxygen atoms in total. The summed E-state index contributed by atoms with van der Waals surface area (Å²) in [7, 11) is 0. The van der Waals surface area contributed by atoms with Gasteiger partial charge in [-0.05, 0) is 38.5 Å². The van der Waals surface area contributed by atoms with Gasteiger partial charge in [0.2, 0.25) is 0 Å². The maximum Gasteiger partial charge on any atom is 0.131 e. The zero-order valence-corrected chi connectivity index (χ0v) is 11.4. The number of aromatic nitrogens is 2. The van der Waals surface area contributed by atoms with E-state index in [-0.39, 0.29) is 0 Å². The molecule has 1 aromatic heterocycles. The first-order chi connectivity index (χ1) is 8.81. The van der Waals surface area contributed by atoms with E-state index >= 15 is 0 Å². The van der Waals surface area contributed by atoms with Gasteiger partial charge in [0.05, 0.1) is 0 Å². The molecule has 100 valence electrons. The zero-order valence-electron chi connectivity index (χ0n) is 11.4. The van der Waals surface area contributed by atoms with Crippen molar-refractivity contribution in [2.24, 2.45) is 5.92 Å². The molecule has 0 saturated heterocycles. The smallest absolute Gasteiger partial charge is 0.131 e. The second-order valence-electron chi connectivity index (χ2n) is 5.09. The number of rotatable bonds is 5. The first kappa shape index (κ1) is 13.1. The number of hydrogen-bond acceptors (Lipinski definition) is 4. The third-order valence-corrected chi connectivity index (χ3v) is 3.80. The Morgan fingerprint density at radius 3 is 2.50 bits per heavy atom. The van der Waals surface area contributed by atoms with Crippen LogP contribution in [0.25, 0.3) is 0 Å². The van der Waals surface area contributed by atoms with E-state index in [0.29, 0.717) is 6.04 Å². The minimum atomic E-state index is 0.581. The van der Waals surface area contributed by atoms with Gasteiger partial charge in [-0.2, -0.15) is 0 Å². The Bertz CT molecular complexity index is 359. The van der Waals surface area contributed by atoms with Crippen molar-refractivity contribution in [1.29, 1.82) is 0 Å². The summed E-state index contributed by atoms with van der Waals surface area (Å²) in [5, 5.41) is 6.74. The van der Waals surface area contributed by atoms with Gasteiger partial charge in [0, 0.05) is 18.7 Å². The summed E-state index contributed by atoms with van der Waals surface area (Å²) in [5.41, 5.74) is 0. The van der Waals surface area contributed by atoms with Crippen molar-refractivity contribution in [3.05, 3.63) is 12.4 Å². The Morgan fingerprint density at radius 1 is 1.11 bits per heavy atom. The Balaban J connectivity index is 1.87. The Labute approximate surface area is 110 Å². The van der Waals surface area contributed by atoms with Gasteiger partial charge in [-0.25, -0.2) is 9.97 Å². The van der Waals surface area contributed by atoms with Gasteiger partial charge in [0.15, 0.2) is 0 Å². The number of hydrogen-bond donors (Lipinski definition) is 2. The Hall–Kier alpha value is -1.32. The normalized spacial score (nSPS) is 23.7. The molecule has 0 aliphatic heterocycles. The van der Waals surface area contributed by atoms with Crippen molar-refractivity contribution < 1.29 is 0 Å². The van der Waals surface area contributed by atoms with Gasteiger partial charge in [-0.1, -0.05) is 13.3 Å². The first-order valence-electron chi connectivity index (χ1n) is 7.14. The lowest BCUT2D eigenvalue weighted by molar-refractivity contribution is 0.330. The lowest BCUT2D eigenvalue weighted by atomic mass is 9.84. The minimum absolute atomic E-state index is 0.581. The number of nitrogens with zero attached hydrogens (tertiary/aromatic N) is 2. The van der Waals surface area contributed by atoms with Crippen LogP contribution in [0.3, 0.4) is 0 Å². The highest BCUT2D eigenvalue weighted by Gasteiger charge is 2.19. The molecule has 2 N–H and O–H groups in total. The zero-order chi connectivity index (χ0) is 12.8. The highest BCUT2D eigenvalue weighted by molar-refractivity contribution is 5.46. The van der Waals surface area contributed by atoms with Crippen LogP contribution in [-0.2, 0) is 0 Å². The van der Waals surface area contributed by atoms with Gasteiger partial charge >= 0.3 is 0 Å². The molecule has 0 unspecified atom stereocenters. The van der Waals surface area contributed by atoms with Crippen LogP contribution in [0, 0.1) is 5.92 Å². The fraction of sp³-hybridized carbons (Fsp3) is 0.714. The standard InChI is InChI=1S/C14H24N4/c1-3-11-5-7-12(8-6-11)18-14-9-13(15-4-2)16-10-17-14/h9-12H,3-8H2,1-2H3,(H2,15,16,17,18).